The van der Waals surface area contributed by atoms with E-state index in [4.69, 9.17) is 5.73 Å². The van der Waals surface area contributed by atoms with E-state index in [0.717, 1.165) is 29.3 Å². The molecule has 0 aliphatic carbocycles. The highest BCUT2D eigenvalue weighted by atomic mass is 79.9. The van der Waals surface area contributed by atoms with Gasteiger partial charge in [0.1, 0.15) is 0 Å². The lowest BCUT2D eigenvalue weighted by Gasteiger charge is -2.35. The van der Waals surface area contributed by atoms with E-state index in [1.807, 2.05) is 6.07 Å². The van der Waals surface area contributed by atoms with Crippen LogP contribution in [0.3, 0.4) is 0 Å². The molecule has 1 aliphatic rings. The summed E-state index contributed by atoms with van der Waals surface area (Å²) in [7, 11) is 0. The van der Waals surface area contributed by atoms with Crippen LogP contribution in [0.4, 0.5) is 0 Å². The highest BCUT2D eigenvalue weighted by Gasteiger charge is 2.22. The zero-order chi connectivity index (χ0) is 13.8. The number of benzene rings is 1. The number of halogens is 1. The maximum atomic E-state index is 6.33. The number of piperidine rings is 1. The zero-order valence-electron chi connectivity index (χ0n) is 12.0. The Hall–Kier alpha value is -0.380. The van der Waals surface area contributed by atoms with Crippen LogP contribution in [0.15, 0.2) is 28.7 Å². The molecule has 2 N–H and O–H groups in total. The van der Waals surface area contributed by atoms with Crippen molar-refractivity contribution < 1.29 is 0 Å². The molecule has 3 atom stereocenters. The molecule has 1 aliphatic heterocycles. The van der Waals surface area contributed by atoms with Gasteiger partial charge in [-0.05, 0) is 42.9 Å². The summed E-state index contributed by atoms with van der Waals surface area (Å²) in [5.74, 6) is 1.65. The Morgan fingerprint density at radius 1 is 1.26 bits per heavy atom. The first kappa shape index (κ1) is 15.0. The van der Waals surface area contributed by atoms with Crippen molar-refractivity contribution in [3.05, 3.63) is 34.3 Å². The van der Waals surface area contributed by atoms with Gasteiger partial charge in [-0.3, -0.25) is 0 Å². The molecule has 1 fully saturated rings. The van der Waals surface area contributed by atoms with Gasteiger partial charge in [-0.1, -0.05) is 48.0 Å². The van der Waals surface area contributed by atoms with E-state index in [9.17, 15) is 0 Å². The van der Waals surface area contributed by atoms with Gasteiger partial charge in [0, 0.05) is 23.6 Å². The first-order chi connectivity index (χ1) is 9.06. The number of rotatable bonds is 4. The summed E-state index contributed by atoms with van der Waals surface area (Å²) >= 11 is 3.59. The van der Waals surface area contributed by atoms with Gasteiger partial charge in [0.15, 0.2) is 0 Å². The number of likely N-dealkylation sites (tertiary alicyclic amines) is 1. The van der Waals surface area contributed by atoms with Crippen molar-refractivity contribution in [1.82, 2.24) is 4.90 Å². The van der Waals surface area contributed by atoms with Crippen LogP contribution >= 0.6 is 15.9 Å². The van der Waals surface area contributed by atoms with Crippen LogP contribution in [-0.2, 0) is 0 Å². The molecular formula is C16H25BrN2. The first-order valence-corrected chi connectivity index (χ1v) is 8.08. The normalized spacial score (nSPS) is 26.3. The van der Waals surface area contributed by atoms with E-state index in [0.29, 0.717) is 0 Å². The third-order valence-corrected chi connectivity index (χ3v) is 4.73. The van der Waals surface area contributed by atoms with Crippen molar-refractivity contribution in [1.29, 1.82) is 0 Å². The molecule has 0 radical (unpaired) electrons. The molecule has 2 rings (SSSR count). The molecule has 0 spiro atoms. The fourth-order valence-corrected chi connectivity index (χ4v) is 3.81. The smallest absolute Gasteiger partial charge is 0.0318 e. The van der Waals surface area contributed by atoms with Gasteiger partial charge >= 0.3 is 0 Å². The maximum absolute atomic E-state index is 6.33. The largest absolute Gasteiger partial charge is 0.324 e. The molecule has 106 valence electrons. The Morgan fingerprint density at radius 2 is 1.89 bits per heavy atom. The molecule has 3 unspecified atom stereocenters. The predicted octanol–water partition coefficient (Wildman–Crippen LogP) is 3.82. The molecule has 1 aromatic rings. The van der Waals surface area contributed by atoms with Gasteiger partial charge in [-0.15, -0.1) is 0 Å². The fraction of sp³-hybridized carbons (Fsp3) is 0.625. The Bertz CT molecular complexity index is 397. The fourth-order valence-electron chi connectivity index (χ4n) is 3.23. The van der Waals surface area contributed by atoms with Crippen LogP contribution in [-0.4, -0.2) is 24.5 Å². The maximum Gasteiger partial charge on any atom is 0.0318 e. The summed E-state index contributed by atoms with van der Waals surface area (Å²) in [6.07, 6.45) is 2.40. The Kier molecular flexibility index (Phi) is 5.43. The third-order valence-electron chi connectivity index (χ3n) is 4.01. The topological polar surface area (TPSA) is 29.3 Å². The van der Waals surface area contributed by atoms with Crippen molar-refractivity contribution in [2.24, 2.45) is 17.6 Å². The second-order valence-electron chi connectivity index (χ2n) is 6.12. The molecule has 1 heterocycles. The Morgan fingerprint density at radius 3 is 2.53 bits per heavy atom. The Labute approximate surface area is 125 Å². The average Bonchev–Trinajstić information content (AvgIpc) is 2.35. The summed E-state index contributed by atoms with van der Waals surface area (Å²) in [4.78, 5) is 2.58. The SMILES string of the molecule is CC1CC(C)CN(CCC(N)c2ccccc2Br)C1. The average molecular weight is 325 g/mol. The molecule has 0 bridgehead atoms. The van der Waals surface area contributed by atoms with E-state index < -0.39 is 0 Å². The van der Waals surface area contributed by atoms with Gasteiger partial charge in [-0.25, -0.2) is 0 Å². The van der Waals surface area contributed by atoms with Crippen molar-refractivity contribution >= 4 is 15.9 Å². The minimum absolute atomic E-state index is 0.128. The van der Waals surface area contributed by atoms with E-state index in [1.54, 1.807) is 0 Å². The monoisotopic (exact) mass is 324 g/mol. The molecule has 0 saturated carbocycles. The number of hydrogen-bond donors (Lipinski definition) is 1. The van der Waals surface area contributed by atoms with E-state index in [1.165, 1.54) is 25.1 Å². The van der Waals surface area contributed by atoms with Gasteiger partial charge < -0.3 is 10.6 Å². The van der Waals surface area contributed by atoms with Gasteiger partial charge in [0.25, 0.3) is 0 Å². The van der Waals surface area contributed by atoms with Crippen LogP contribution in [0.5, 0.6) is 0 Å². The van der Waals surface area contributed by atoms with Gasteiger partial charge in [0.05, 0.1) is 0 Å². The summed E-state index contributed by atoms with van der Waals surface area (Å²) in [5, 5.41) is 0. The van der Waals surface area contributed by atoms with Crippen molar-refractivity contribution in [3.8, 4) is 0 Å². The van der Waals surface area contributed by atoms with Crippen LogP contribution < -0.4 is 5.73 Å². The van der Waals surface area contributed by atoms with Gasteiger partial charge in [0.2, 0.25) is 0 Å². The molecule has 2 nitrogen and oxygen atoms in total. The molecule has 1 saturated heterocycles. The first-order valence-electron chi connectivity index (χ1n) is 7.28. The predicted molar refractivity (Wildman–Crippen MR) is 85.1 cm³/mol. The third kappa shape index (κ3) is 4.30. The van der Waals surface area contributed by atoms with Gasteiger partial charge in [-0.2, -0.15) is 0 Å². The lowest BCUT2D eigenvalue weighted by molar-refractivity contribution is 0.137. The van der Waals surface area contributed by atoms with Crippen LogP contribution in [0.25, 0.3) is 0 Å². The molecule has 0 amide bonds. The Balaban J connectivity index is 1.87. The summed E-state index contributed by atoms with van der Waals surface area (Å²) < 4.78 is 1.13. The van der Waals surface area contributed by atoms with Crippen LogP contribution in [0, 0.1) is 11.8 Å². The molecule has 19 heavy (non-hydrogen) atoms. The highest BCUT2D eigenvalue weighted by Crippen LogP contribution is 2.25. The van der Waals surface area contributed by atoms with Crippen molar-refractivity contribution in [2.45, 2.75) is 32.7 Å². The highest BCUT2D eigenvalue weighted by molar-refractivity contribution is 9.10. The lowest BCUT2D eigenvalue weighted by atomic mass is 9.91. The standard InChI is InChI=1S/C16H25BrN2/c1-12-9-13(2)11-19(10-12)8-7-16(18)14-5-3-4-6-15(14)17/h3-6,12-13,16H,7-11,18H2,1-2H3. The summed E-state index contributed by atoms with van der Waals surface area (Å²) in [6, 6.07) is 8.42. The second-order valence-corrected chi connectivity index (χ2v) is 6.98. The van der Waals surface area contributed by atoms with Crippen molar-refractivity contribution in [3.63, 3.8) is 0 Å². The van der Waals surface area contributed by atoms with E-state index in [2.05, 4.69) is 52.9 Å². The quantitative estimate of drug-likeness (QED) is 0.912. The van der Waals surface area contributed by atoms with Crippen LogP contribution in [0.2, 0.25) is 0 Å². The van der Waals surface area contributed by atoms with Crippen LogP contribution in [0.1, 0.15) is 38.3 Å². The lowest BCUT2D eigenvalue weighted by Crippen LogP contribution is -2.39. The second kappa shape index (κ2) is 6.87. The minimum atomic E-state index is 0.128. The molecule has 1 aromatic carbocycles. The minimum Gasteiger partial charge on any atom is -0.324 e. The van der Waals surface area contributed by atoms with Crippen molar-refractivity contribution in [2.75, 3.05) is 19.6 Å². The molecular weight excluding hydrogens is 300 g/mol. The number of hydrogen-bond acceptors (Lipinski definition) is 2. The zero-order valence-corrected chi connectivity index (χ0v) is 13.6. The van der Waals surface area contributed by atoms with E-state index >= 15 is 0 Å². The van der Waals surface area contributed by atoms with E-state index in [-0.39, 0.29) is 6.04 Å². The summed E-state index contributed by atoms with van der Waals surface area (Å²) in [5.41, 5.74) is 7.55. The number of nitrogens with two attached hydrogens (primary N) is 1. The molecule has 3 heteroatoms. The number of nitrogens with zero attached hydrogens (tertiary/aromatic N) is 1. The summed E-state index contributed by atoms with van der Waals surface area (Å²) in [6.45, 7) is 8.28. The molecule has 0 aromatic heterocycles.